The Morgan fingerprint density at radius 2 is 2.25 bits per heavy atom. The van der Waals surface area contributed by atoms with Crippen LogP contribution in [0.2, 0.25) is 0 Å². The molecular weight excluding hydrogens is 152 g/mol. The third kappa shape index (κ3) is 1.87. The summed E-state index contributed by atoms with van der Waals surface area (Å²) in [6, 6.07) is 0. The van der Waals surface area contributed by atoms with E-state index in [2.05, 4.69) is 20.4 Å². The van der Waals surface area contributed by atoms with Gasteiger partial charge >= 0.3 is 0 Å². The smallest absolute Gasteiger partial charge is 0.0635 e. The van der Waals surface area contributed by atoms with Crippen LogP contribution in [-0.2, 0) is 4.74 Å². The quantitative estimate of drug-likeness (QED) is 0.640. The van der Waals surface area contributed by atoms with Gasteiger partial charge in [0.25, 0.3) is 0 Å². The van der Waals surface area contributed by atoms with Gasteiger partial charge in [0.2, 0.25) is 0 Å². The fraction of sp³-hybridized carbons (Fsp3) is 0.800. The summed E-state index contributed by atoms with van der Waals surface area (Å²) in [5.74, 6) is 0. The molecule has 2 nitrogen and oxygen atoms in total. The van der Waals surface area contributed by atoms with Gasteiger partial charge in [-0.05, 0) is 26.7 Å². The largest absolute Gasteiger partial charge is 0.395 e. The zero-order valence-electron chi connectivity index (χ0n) is 7.97. The number of hydrogen-bond donors (Lipinski definition) is 1. The molecule has 70 valence electrons. The van der Waals surface area contributed by atoms with Gasteiger partial charge in [-0.3, -0.25) is 0 Å². The van der Waals surface area contributed by atoms with Gasteiger partial charge in [0.05, 0.1) is 12.2 Å². The van der Waals surface area contributed by atoms with Crippen molar-refractivity contribution >= 4 is 0 Å². The van der Waals surface area contributed by atoms with Crippen LogP contribution in [0.1, 0.15) is 26.7 Å². The van der Waals surface area contributed by atoms with Crippen molar-refractivity contribution in [3.63, 3.8) is 0 Å². The fourth-order valence-electron chi connectivity index (χ4n) is 1.89. The van der Waals surface area contributed by atoms with Crippen LogP contribution < -0.4 is 0 Å². The topological polar surface area (TPSA) is 29.5 Å². The van der Waals surface area contributed by atoms with Crippen molar-refractivity contribution < 1.29 is 9.84 Å². The Hall–Kier alpha value is -0.340. The first-order valence-electron chi connectivity index (χ1n) is 4.42. The molecule has 0 aliphatic carbocycles. The predicted octanol–water partition coefficient (Wildman–Crippen LogP) is 1.74. The summed E-state index contributed by atoms with van der Waals surface area (Å²) >= 11 is 0. The molecule has 2 heteroatoms. The van der Waals surface area contributed by atoms with Crippen molar-refractivity contribution in [2.45, 2.75) is 32.3 Å². The monoisotopic (exact) mass is 170 g/mol. The van der Waals surface area contributed by atoms with Crippen LogP contribution >= 0.6 is 0 Å². The van der Waals surface area contributed by atoms with Crippen LogP contribution in [-0.4, -0.2) is 23.9 Å². The highest BCUT2D eigenvalue weighted by atomic mass is 16.5. The van der Waals surface area contributed by atoms with Crippen molar-refractivity contribution in [1.29, 1.82) is 0 Å². The number of aliphatic hydroxyl groups excluding tert-OH is 1. The van der Waals surface area contributed by atoms with Crippen LogP contribution in [0.4, 0.5) is 0 Å². The highest BCUT2D eigenvalue weighted by Crippen LogP contribution is 2.39. The molecule has 12 heavy (non-hydrogen) atoms. The molecule has 0 bridgehead atoms. The molecule has 0 saturated carbocycles. The summed E-state index contributed by atoms with van der Waals surface area (Å²) in [5, 5.41) is 9.25. The molecule has 1 unspecified atom stereocenters. The Bertz CT molecular complexity index is 175. The van der Waals surface area contributed by atoms with E-state index in [1.54, 1.807) is 0 Å². The molecule has 0 aromatic rings. The summed E-state index contributed by atoms with van der Waals surface area (Å²) in [6.45, 7) is 8.79. The van der Waals surface area contributed by atoms with Crippen LogP contribution in [0.25, 0.3) is 0 Å². The van der Waals surface area contributed by atoms with Crippen LogP contribution in [0.3, 0.4) is 0 Å². The highest BCUT2D eigenvalue weighted by molar-refractivity contribution is 5.00. The molecule has 1 aliphatic rings. The first-order valence-corrected chi connectivity index (χ1v) is 4.42. The molecule has 1 fully saturated rings. The summed E-state index contributed by atoms with van der Waals surface area (Å²) in [5.41, 5.74) is -0.225. The lowest BCUT2D eigenvalue weighted by Crippen LogP contribution is -2.42. The zero-order chi connectivity index (χ0) is 9.24. The molecule has 0 aromatic carbocycles. The van der Waals surface area contributed by atoms with E-state index in [0.717, 1.165) is 19.4 Å². The Morgan fingerprint density at radius 3 is 2.58 bits per heavy atom. The summed E-state index contributed by atoms with van der Waals surface area (Å²) in [6.07, 6.45) is 3.62. The van der Waals surface area contributed by atoms with E-state index in [-0.39, 0.29) is 17.6 Å². The minimum Gasteiger partial charge on any atom is -0.395 e. The maximum absolute atomic E-state index is 9.25. The van der Waals surface area contributed by atoms with Crippen LogP contribution in [0.5, 0.6) is 0 Å². The summed E-state index contributed by atoms with van der Waals surface area (Å²) in [7, 11) is 0. The van der Waals surface area contributed by atoms with E-state index in [9.17, 15) is 5.11 Å². The molecule has 1 rings (SSSR count). The van der Waals surface area contributed by atoms with E-state index in [1.807, 2.05) is 6.08 Å². The molecule has 1 N–H and O–H groups in total. The van der Waals surface area contributed by atoms with Crippen molar-refractivity contribution in [1.82, 2.24) is 0 Å². The Morgan fingerprint density at radius 1 is 1.58 bits per heavy atom. The van der Waals surface area contributed by atoms with E-state index < -0.39 is 0 Å². The van der Waals surface area contributed by atoms with E-state index in [0.29, 0.717) is 0 Å². The van der Waals surface area contributed by atoms with Gasteiger partial charge in [0.1, 0.15) is 0 Å². The first kappa shape index (κ1) is 9.75. The van der Waals surface area contributed by atoms with Crippen molar-refractivity contribution in [3.05, 3.63) is 12.7 Å². The third-order valence-corrected chi connectivity index (χ3v) is 2.62. The molecule has 0 spiro atoms. The zero-order valence-corrected chi connectivity index (χ0v) is 7.97. The number of hydrogen-bond acceptors (Lipinski definition) is 2. The lowest BCUT2D eigenvalue weighted by Gasteiger charge is -2.42. The Kier molecular flexibility index (Phi) is 2.59. The molecule has 1 atom stereocenters. The molecule has 1 saturated heterocycles. The van der Waals surface area contributed by atoms with Gasteiger partial charge in [-0.2, -0.15) is 0 Å². The Balaban J connectivity index is 2.72. The molecular formula is C10H18O2. The first-order chi connectivity index (χ1) is 5.54. The second-order valence-corrected chi connectivity index (χ2v) is 4.26. The molecule has 0 radical (unpaired) electrons. The number of aliphatic hydroxyl groups is 1. The second-order valence-electron chi connectivity index (χ2n) is 4.26. The molecule has 1 heterocycles. The summed E-state index contributed by atoms with van der Waals surface area (Å²) < 4.78 is 5.57. The van der Waals surface area contributed by atoms with Gasteiger partial charge in [0, 0.05) is 12.0 Å². The van der Waals surface area contributed by atoms with E-state index in [4.69, 9.17) is 4.74 Å². The average molecular weight is 170 g/mol. The number of ether oxygens (including phenoxy) is 1. The van der Waals surface area contributed by atoms with Gasteiger partial charge in [-0.25, -0.2) is 0 Å². The van der Waals surface area contributed by atoms with Crippen molar-refractivity contribution in [2.75, 3.05) is 13.2 Å². The maximum Gasteiger partial charge on any atom is 0.0635 e. The van der Waals surface area contributed by atoms with Gasteiger partial charge in [0.15, 0.2) is 0 Å². The van der Waals surface area contributed by atoms with E-state index >= 15 is 0 Å². The van der Waals surface area contributed by atoms with Crippen LogP contribution in [0.15, 0.2) is 12.7 Å². The fourth-order valence-corrected chi connectivity index (χ4v) is 1.89. The lowest BCUT2D eigenvalue weighted by atomic mass is 9.75. The predicted molar refractivity (Wildman–Crippen MR) is 49.0 cm³/mol. The molecule has 0 amide bonds. The summed E-state index contributed by atoms with van der Waals surface area (Å²) in [4.78, 5) is 0. The van der Waals surface area contributed by atoms with Gasteiger partial charge in [-0.15, -0.1) is 6.58 Å². The lowest BCUT2D eigenvalue weighted by molar-refractivity contribution is -0.102. The standard InChI is InChI=1S/C10H18O2/c1-4-10(8-11)5-6-12-9(2,3)7-10/h4,11H,1,5-8H2,2-3H3. The molecule has 0 aromatic heterocycles. The minimum absolute atomic E-state index is 0.109. The van der Waals surface area contributed by atoms with Crippen molar-refractivity contribution in [3.8, 4) is 0 Å². The van der Waals surface area contributed by atoms with Gasteiger partial charge in [-0.1, -0.05) is 6.08 Å². The van der Waals surface area contributed by atoms with E-state index in [1.165, 1.54) is 0 Å². The van der Waals surface area contributed by atoms with Gasteiger partial charge < -0.3 is 9.84 Å². The second kappa shape index (κ2) is 3.19. The SMILES string of the molecule is C=CC1(CO)CCOC(C)(C)C1. The maximum atomic E-state index is 9.25. The highest BCUT2D eigenvalue weighted by Gasteiger charge is 2.38. The third-order valence-electron chi connectivity index (χ3n) is 2.62. The Labute approximate surface area is 74.2 Å². The average Bonchev–Trinajstić information content (AvgIpc) is 2.02. The normalized spacial score (nSPS) is 34.6. The minimum atomic E-state index is -0.116. The number of rotatable bonds is 2. The molecule has 1 aliphatic heterocycles. The van der Waals surface area contributed by atoms with Crippen LogP contribution in [0, 0.1) is 5.41 Å². The van der Waals surface area contributed by atoms with Crippen molar-refractivity contribution in [2.24, 2.45) is 5.41 Å².